The van der Waals surface area contributed by atoms with Gasteiger partial charge in [-0.05, 0) is 50.7 Å². The predicted molar refractivity (Wildman–Crippen MR) is 130 cm³/mol. The second-order valence-corrected chi connectivity index (χ2v) is 11.2. The number of nitrogens with zero attached hydrogens (tertiary/aromatic N) is 1. The van der Waals surface area contributed by atoms with Gasteiger partial charge in [0.15, 0.2) is 0 Å². The molecule has 6 atom stereocenters. The Balaban J connectivity index is 1.73. The number of carbonyl (C=O) groups excluding carboxylic acids is 3. The summed E-state index contributed by atoms with van der Waals surface area (Å²) in [7, 11) is 0. The lowest BCUT2D eigenvalue weighted by atomic mass is 9.70. The van der Waals surface area contributed by atoms with E-state index < -0.39 is 28.7 Å². The first-order chi connectivity index (χ1) is 15.8. The SMILES string of the molecule is CCCNC(=O)[C@@H]1[C@H]2C(=O)N([C@@H](CC)CO)C(C(=O)Nc3c(C)cccc3C)C23CC[C@H]1S3. The molecule has 0 aromatic heterocycles. The van der Waals surface area contributed by atoms with E-state index in [1.165, 1.54) is 0 Å². The molecule has 180 valence electrons. The largest absolute Gasteiger partial charge is 0.394 e. The predicted octanol–water partition coefficient (Wildman–Crippen LogP) is 2.63. The number of benzene rings is 1. The second kappa shape index (κ2) is 9.29. The number of nitrogens with one attached hydrogen (secondary N) is 2. The highest BCUT2D eigenvalue weighted by molar-refractivity contribution is 8.02. The fourth-order valence-electron chi connectivity index (χ4n) is 6.07. The van der Waals surface area contributed by atoms with Gasteiger partial charge in [-0.3, -0.25) is 14.4 Å². The molecule has 3 saturated heterocycles. The van der Waals surface area contributed by atoms with Crippen LogP contribution in [0.25, 0.3) is 0 Å². The number of anilines is 1. The van der Waals surface area contributed by atoms with Crippen LogP contribution in [0.1, 0.15) is 50.7 Å². The van der Waals surface area contributed by atoms with Crippen molar-refractivity contribution in [3.63, 3.8) is 0 Å². The van der Waals surface area contributed by atoms with Crippen molar-refractivity contribution in [3.05, 3.63) is 29.3 Å². The van der Waals surface area contributed by atoms with Gasteiger partial charge in [-0.25, -0.2) is 0 Å². The van der Waals surface area contributed by atoms with E-state index in [9.17, 15) is 19.5 Å². The van der Waals surface area contributed by atoms with E-state index in [2.05, 4.69) is 10.6 Å². The molecule has 3 N–H and O–H groups in total. The Hall–Kier alpha value is -2.06. The van der Waals surface area contributed by atoms with Crippen LogP contribution in [0.5, 0.6) is 0 Å². The smallest absolute Gasteiger partial charge is 0.248 e. The van der Waals surface area contributed by atoms with Crippen LogP contribution in [-0.4, -0.2) is 63.0 Å². The minimum absolute atomic E-state index is 0.0441. The molecule has 1 aromatic carbocycles. The number of carbonyl (C=O) groups is 3. The molecule has 33 heavy (non-hydrogen) atoms. The molecule has 0 aliphatic carbocycles. The lowest BCUT2D eigenvalue weighted by Gasteiger charge is -2.37. The fraction of sp³-hybridized carbons (Fsp3) is 0.640. The number of amides is 3. The van der Waals surface area contributed by atoms with Gasteiger partial charge in [-0.2, -0.15) is 0 Å². The van der Waals surface area contributed by atoms with Crippen LogP contribution >= 0.6 is 11.8 Å². The summed E-state index contributed by atoms with van der Waals surface area (Å²) in [6, 6.07) is 4.69. The van der Waals surface area contributed by atoms with Crippen molar-refractivity contribution < 1.29 is 19.5 Å². The fourth-order valence-corrected chi connectivity index (χ4v) is 8.27. The van der Waals surface area contributed by atoms with Gasteiger partial charge >= 0.3 is 0 Å². The number of thioether (sulfide) groups is 1. The molecule has 2 unspecified atom stereocenters. The molecular weight excluding hydrogens is 438 g/mol. The number of fused-ring (bicyclic) bond motifs is 1. The molecule has 0 saturated carbocycles. The van der Waals surface area contributed by atoms with Gasteiger partial charge < -0.3 is 20.6 Å². The highest BCUT2D eigenvalue weighted by atomic mass is 32.2. The quantitative estimate of drug-likeness (QED) is 0.539. The summed E-state index contributed by atoms with van der Waals surface area (Å²) < 4.78 is -0.640. The first kappa shape index (κ1) is 24.1. The van der Waals surface area contributed by atoms with Crippen LogP contribution in [0, 0.1) is 25.7 Å². The highest BCUT2D eigenvalue weighted by Gasteiger charge is 2.74. The average molecular weight is 474 g/mol. The van der Waals surface area contributed by atoms with Crippen molar-refractivity contribution in [1.82, 2.24) is 10.2 Å². The summed E-state index contributed by atoms with van der Waals surface area (Å²) in [5.74, 6) is -1.43. The molecule has 1 spiro atoms. The Morgan fingerprint density at radius 2 is 1.94 bits per heavy atom. The van der Waals surface area contributed by atoms with E-state index >= 15 is 0 Å². The van der Waals surface area contributed by atoms with Gasteiger partial charge in [-0.15, -0.1) is 11.8 Å². The van der Waals surface area contributed by atoms with Crippen LogP contribution in [0.4, 0.5) is 5.69 Å². The summed E-state index contributed by atoms with van der Waals surface area (Å²) in [5, 5.41) is 16.2. The van der Waals surface area contributed by atoms with E-state index in [0.29, 0.717) is 13.0 Å². The lowest BCUT2D eigenvalue weighted by molar-refractivity contribution is -0.142. The Labute approximate surface area is 200 Å². The van der Waals surface area contributed by atoms with Gasteiger partial charge in [0.25, 0.3) is 0 Å². The van der Waals surface area contributed by atoms with Crippen molar-refractivity contribution in [1.29, 1.82) is 0 Å². The molecule has 2 bridgehead atoms. The van der Waals surface area contributed by atoms with Crippen LogP contribution in [0.2, 0.25) is 0 Å². The van der Waals surface area contributed by atoms with Gasteiger partial charge in [0, 0.05) is 17.5 Å². The molecule has 3 heterocycles. The van der Waals surface area contributed by atoms with Crippen molar-refractivity contribution in [2.45, 2.75) is 75.5 Å². The summed E-state index contributed by atoms with van der Waals surface area (Å²) in [6.45, 7) is 8.19. The normalized spacial score (nSPS) is 30.9. The Morgan fingerprint density at radius 1 is 1.24 bits per heavy atom. The molecule has 4 rings (SSSR count). The Kier molecular flexibility index (Phi) is 6.78. The van der Waals surface area contributed by atoms with Crippen molar-refractivity contribution in [2.24, 2.45) is 11.8 Å². The molecule has 1 aromatic rings. The zero-order valence-corrected chi connectivity index (χ0v) is 20.7. The van der Waals surface area contributed by atoms with Crippen molar-refractivity contribution >= 4 is 35.2 Å². The minimum Gasteiger partial charge on any atom is -0.394 e. The molecular formula is C25H35N3O4S. The van der Waals surface area contributed by atoms with E-state index in [4.69, 9.17) is 0 Å². The van der Waals surface area contributed by atoms with Crippen LogP contribution in [-0.2, 0) is 14.4 Å². The third kappa shape index (κ3) is 3.75. The van der Waals surface area contributed by atoms with Gasteiger partial charge in [-0.1, -0.05) is 32.0 Å². The maximum atomic E-state index is 13.9. The van der Waals surface area contributed by atoms with Crippen molar-refractivity contribution in [2.75, 3.05) is 18.5 Å². The summed E-state index contributed by atoms with van der Waals surface area (Å²) in [4.78, 5) is 42.5. The highest BCUT2D eigenvalue weighted by Crippen LogP contribution is 2.66. The lowest BCUT2D eigenvalue weighted by Crippen LogP contribution is -2.54. The zero-order valence-electron chi connectivity index (χ0n) is 19.9. The molecule has 3 fully saturated rings. The standard InChI is InChI=1S/C25H35N3O4S/c1-5-12-26-22(30)18-17-10-11-25(33-17)19(18)24(32)28(16(6-2)13-29)21(25)23(31)27-20-14(3)8-7-9-15(20)4/h7-9,16-19,21,29H,5-6,10-13H2,1-4H3,(H,26,30)(H,27,31)/t16-,17+,18-,19-,21?,25?/m0/s1. The number of para-hydroxylation sites is 1. The number of hydrogen-bond donors (Lipinski definition) is 3. The van der Waals surface area contributed by atoms with Gasteiger partial charge in [0.05, 0.1) is 29.2 Å². The first-order valence-electron chi connectivity index (χ1n) is 12.1. The number of likely N-dealkylation sites (tertiary alicyclic amines) is 1. The maximum absolute atomic E-state index is 13.9. The first-order valence-corrected chi connectivity index (χ1v) is 12.9. The molecule has 7 nitrogen and oxygen atoms in total. The molecule has 3 aliphatic rings. The maximum Gasteiger partial charge on any atom is 0.248 e. The number of hydrogen-bond acceptors (Lipinski definition) is 5. The van der Waals surface area contributed by atoms with Crippen LogP contribution in [0.3, 0.4) is 0 Å². The average Bonchev–Trinajstić information content (AvgIpc) is 3.43. The minimum atomic E-state index is -0.718. The Bertz CT molecular complexity index is 929. The molecule has 8 heteroatoms. The number of aryl methyl sites for hydroxylation is 2. The van der Waals surface area contributed by atoms with E-state index in [1.54, 1.807) is 16.7 Å². The second-order valence-electron chi connectivity index (χ2n) is 9.59. The number of rotatable bonds is 8. The zero-order chi connectivity index (χ0) is 23.9. The summed E-state index contributed by atoms with van der Waals surface area (Å²) in [5.41, 5.74) is 2.69. The van der Waals surface area contributed by atoms with E-state index in [1.807, 2.05) is 45.9 Å². The number of aliphatic hydroxyl groups is 1. The van der Waals surface area contributed by atoms with Crippen LogP contribution in [0.15, 0.2) is 18.2 Å². The van der Waals surface area contributed by atoms with E-state index in [-0.39, 0.29) is 29.6 Å². The summed E-state index contributed by atoms with van der Waals surface area (Å²) >= 11 is 1.65. The topological polar surface area (TPSA) is 98.7 Å². The third-order valence-corrected chi connectivity index (χ3v) is 9.59. The third-order valence-electron chi connectivity index (χ3n) is 7.64. The van der Waals surface area contributed by atoms with Crippen LogP contribution < -0.4 is 10.6 Å². The van der Waals surface area contributed by atoms with E-state index in [0.717, 1.165) is 36.1 Å². The van der Waals surface area contributed by atoms with Crippen molar-refractivity contribution in [3.8, 4) is 0 Å². The summed E-state index contributed by atoms with van der Waals surface area (Å²) in [6.07, 6.45) is 2.91. The molecule has 3 aliphatic heterocycles. The molecule has 3 amide bonds. The Morgan fingerprint density at radius 3 is 2.55 bits per heavy atom. The molecule has 0 radical (unpaired) electrons. The monoisotopic (exact) mass is 473 g/mol. The van der Waals surface area contributed by atoms with Gasteiger partial charge in [0.2, 0.25) is 17.7 Å². The number of aliphatic hydroxyl groups excluding tert-OH is 1. The van der Waals surface area contributed by atoms with Gasteiger partial charge in [0.1, 0.15) is 6.04 Å².